The molecule has 1 aromatic rings. The van der Waals surface area contributed by atoms with Gasteiger partial charge in [-0.3, -0.25) is 0 Å². The van der Waals surface area contributed by atoms with Crippen molar-refractivity contribution in [3.63, 3.8) is 0 Å². The fraction of sp³-hybridized carbons (Fsp3) is 0.625. The molecule has 1 aromatic heterocycles. The minimum absolute atomic E-state index is 0. The predicted octanol–water partition coefficient (Wildman–Crippen LogP) is 2.53. The van der Waals surface area contributed by atoms with Crippen LogP contribution in [-0.2, 0) is 0 Å². The fourth-order valence-electron chi connectivity index (χ4n) is 1.61. The number of aromatic nitrogens is 2. The molecule has 2 N–H and O–H groups in total. The lowest BCUT2D eigenvalue weighted by Gasteiger charge is -2.04. The number of nitrogens with zero attached hydrogens (tertiary/aromatic N) is 1. The molecule has 1 aliphatic heterocycles. The van der Waals surface area contributed by atoms with Gasteiger partial charge in [0.05, 0.1) is 15.9 Å². The van der Waals surface area contributed by atoms with E-state index < -0.39 is 0 Å². The van der Waals surface area contributed by atoms with Gasteiger partial charge in [-0.1, -0.05) is 6.92 Å². The minimum atomic E-state index is 0. The smallest absolute Gasteiger partial charge is 0.124 e. The van der Waals surface area contributed by atoms with E-state index in [0.717, 1.165) is 22.0 Å². The van der Waals surface area contributed by atoms with Gasteiger partial charge in [-0.2, -0.15) is 0 Å². The lowest BCUT2D eigenvalue weighted by atomic mass is 10.1. The van der Waals surface area contributed by atoms with E-state index >= 15 is 0 Å². The largest absolute Gasteiger partial charge is 0.336 e. The Kier molecular flexibility index (Phi) is 6.36. The Morgan fingerprint density at radius 2 is 2.21 bits per heavy atom. The Hall–Kier alpha value is 0.480. The van der Waals surface area contributed by atoms with Crippen LogP contribution in [0.2, 0.25) is 0 Å². The van der Waals surface area contributed by atoms with Crippen LogP contribution in [0.25, 0.3) is 0 Å². The van der Waals surface area contributed by atoms with E-state index in [4.69, 9.17) is 0 Å². The van der Waals surface area contributed by atoms with Crippen molar-refractivity contribution in [1.29, 1.82) is 0 Å². The van der Waals surface area contributed by atoms with E-state index in [-0.39, 0.29) is 24.8 Å². The number of H-pyrrole nitrogens is 1. The summed E-state index contributed by atoms with van der Waals surface area (Å²) < 4.78 is 1.11. The third-order valence-corrected chi connectivity index (χ3v) is 2.79. The Morgan fingerprint density at radius 1 is 1.50 bits per heavy atom. The van der Waals surface area contributed by atoms with Crippen LogP contribution in [0.15, 0.2) is 6.20 Å². The molecular formula is C8H14Cl2IN3. The number of hydrogen-bond donors (Lipinski definition) is 2. The van der Waals surface area contributed by atoms with Crippen molar-refractivity contribution in [3.8, 4) is 0 Å². The van der Waals surface area contributed by atoms with Crippen LogP contribution in [-0.4, -0.2) is 16.5 Å². The van der Waals surface area contributed by atoms with E-state index in [1.165, 1.54) is 6.42 Å². The first-order valence-electron chi connectivity index (χ1n) is 4.19. The molecule has 0 unspecified atom stereocenters. The molecule has 2 heterocycles. The van der Waals surface area contributed by atoms with Crippen LogP contribution < -0.4 is 5.32 Å². The van der Waals surface area contributed by atoms with Gasteiger partial charge in [-0.15, -0.1) is 24.8 Å². The van der Waals surface area contributed by atoms with E-state index in [1.807, 2.05) is 6.20 Å². The molecule has 0 amide bonds. The van der Waals surface area contributed by atoms with E-state index in [2.05, 4.69) is 44.8 Å². The Bertz CT molecular complexity index is 279. The molecule has 0 spiro atoms. The average Bonchev–Trinajstić information content (AvgIpc) is 2.58. The molecule has 82 valence electrons. The number of imidazole rings is 1. The molecule has 14 heavy (non-hydrogen) atoms. The van der Waals surface area contributed by atoms with Crippen molar-refractivity contribution >= 4 is 47.4 Å². The van der Waals surface area contributed by atoms with Crippen LogP contribution in [0.4, 0.5) is 0 Å². The van der Waals surface area contributed by atoms with Crippen LogP contribution in [0.3, 0.4) is 0 Å². The third-order valence-electron chi connectivity index (χ3n) is 2.25. The second-order valence-electron chi connectivity index (χ2n) is 3.42. The highest BCUT2D eigenvalue weighted by molar-refractivity contribution is 14.1. The first kappa shape index (κ1) is 14.5. The number of hydrogen-bond acceptors (Lipinski definition) is 2. The van der Waals surface area contributed by atoms with Crippen molar-refractivity contribution in [2.45, 2.75) is 19.4 Å². The highest BCUT2D eigenvalue weighted by Gasteiger charge is 2.23. The summed E-state index contributed by atoms with van der Waals surface area (Å²) in [6.45, 7) is 3.38. The topological polar surface area (TPSA) is 40.7 Å². The van der Waals surface area contributed by atoms with E-state index in [9.17, 15) is 0 Å². The first-order chi connectivity index (χ1) is 5.75. The van der Waals surface area contributed by atoms with E-state index in [0.29, 0.717) is 6.04 Å². The summed E-state index contributed by atoms with van der Waals surface area (Å²) in [4.78, 5) is 7.56. The summed E-state index contributed by atoms with van der Waals surface area (Å²) in [5.74, 6) is 1.86. The van der Waals surface area contributed by atoms with Crippen LogP contribution in [0.1, 0.15) is 25.2 Å². The van der Waals surface area contributed by atoms with Gasteiger partial charge in [0.25, 0.3) is 0 Å². The van der Waals surface area contributed by atoms with Gasteiger partial charge in [-0.05, 0) is 41.5 Å². The predicted molar refractivity (Wildman–Crippen MR) is 70.3 cm³/mol. The molecule has 0 radical (unpaired) electrons. The molecule has 0 bridgehead atoms. The zero-order valence-electron chi connectivity index (χ0n) is 7.79. The van der Waals surface area contributed by atoms with Gasteiger partial charge in [0, 0.05) is 0 Å². The molecule has 0 saturated carbocycles. The van der Waals surface area contributed by atoms with Crippen molar-refractivity contribution in [2.75, 3.05) is 6.54 Å². The molecule has 1 fully saturated rings. The maximum atomic E-state index is 4.31. The maximum Gasteiger partial charge on any atom is 0.124 e. The quantitative estimate of drug-likeness (QED) is 0.765. The van der Waals surface area contributed by atoms with Gasteiger partial charge in [0.15, 0.2) is 0 Å². The van der Waals surface area contributed by atoms with Crippen LogP contribution in [0.5, 0.6) is 0 Å². The summed E-state index contributed by atoms with van der Waals surface area (Å²) in [5, 5.41) is 3.44. The SMILES string of the molecule is C[C@H]1CN[C@H](c2ncc(I)[nH]2)C1.Cl.Cl. The zero-order chi connectivity index (χ0) is 8.55. The summed E-state index contributed by atoms with van der Waals surface area (Å²) in [7, 11) is 0. The number of rotatable bonds is 1. The maximum absolute atomic E-state index is 4.31. The Morgan fingerprint density at radius 3 is 2.64 bits per heavy atom. The Balaban J connectivity index is 0.000000845. The average molecular weight is 350 g/mol. The lowest BCUT2D eigenvalue weighted by Crippen LogP contribution is -2.14. The summed E-state index contributed by atoms with van der Waals surface area (Å²) in [6.07, 6.45) is 3.07. The summed E-state index contributed by atoms with van der Waals surface area (Å²) in [5.41, 5.74) is 0. The third kappa shape index (κ3) is 3.25. The molecule has 2 rings (SSSR count). The molecule has 1 saturated heterocycles. The van der Waals surface area contributed by atoms with Gasteiger partial charge in [0.2, 0.25) is 0 Å². The fourth-order valence-corrected chi connectivity index (χ4v) is 2.03. The van der Waals surface area contributed by atoms with Crippen molar-refractivity contribution in [2.24, 2.45) is 5.92 Å². The number of aromatic amines is 1. The standard InChI is InChI=1S/C8H12IN3.2ClH/c1-5-2-6(10-3-5)8-11-4-7(9)12-8;;/h4-6,10H,2-3H2,1H3,(H,11,12);2*1H/t5-,6+;;/m1../s1. The second kappa shape index (κ2) is 6.15. The minimum Gasteiger partial charge on any atom is -0.336 e. The molecule has 0 aliphatic carbocycles. The zero-order valence-corrected chi connectivity index (χ0v) is 11.6. The lowest BCUT2D eigenvalue weighted by molar-refractivity contribution is 0.587. The highest BCUT2D eigenvalue weighted by Crippen LogP contribution is 2.24. The molecule has 2 atom stereocenters. The normalized spacial score (nSPS) is 25.3. The first-order valence-corrected chi connectivity index (χ1v) is 5.27. The molecule has 6 heteroatoms. The summed E-state index contributed by atoms with van der Waals surface area (Å²) >= 11 is 2.25. The molecule has 1 aliphatic rings. The van der Waals surface area contributed by atoms with E-state index in [1.54, 1.807) is 0 Å². The van der Waals surface area contributed by atoms with Gasteiger partial charge in [-0.25, -0.2) is 4.98 Å². The van der Waals surface area contributed by atoms with Gasteiger partial charge in [0.1, 0.15) is 5.82 Å². The molecular weight excluding hydrogens is 336 g/mol. The molecule has 0 aromatic carbocycles. The molecule has 3 nitrogen and oxygen atoms in total. The van der Waals surface area contributed by atoms with Crippen molar-refractivity contribution < 1.29 is 0 Å². The highest BCUT2D eigenvalue weighted by atomic mass is 127. The monoisotopic (exact) mass is 349 g/mol. The Labute approximate surface area is 110 Å². The van der Waals surface area contributed by atoms with Gasteiger partial charge >= 0.3 is 0 Å². The van der Waals surface area contributed by atoms with Gasteiger partial charge < -0.3 is 10.3 Å². The van der Waals surface area contributed by atoms with Crippen LogP contribution >= 0.6 is 47.4 Å². The summed E-state index contributed by atoms with van der Waals surface area (Å²) in [6, 6.07) is 0.448. The van der Waals surface area contributed by atoms with Crippen molar-refractivity contribution in [3.05, 3.63) is 15.7 Å². The van der Waals surface area contributed by atoms with Crippen LogP contribution in [0, 0.1) is 9.62 Å². The second-order valence-corrected chi connectivity index (χ2v) is 4.58. The number of nitrogens with one attached hydrogen (secondary N) is 2. The number of halogens is 3. The van der Waals surface area contributed by atoms with Crippen molar-refractivity contribution in [1.82, 2.24) is 15.3 Å².